The normalized spacial score (nSPS) is 19.3. The number of nitrogens with one attached hydrogen (secondary N) is 1. The molecule has 162 valence electrons. The van der Waals surface area contributed by atoms with Crippen LogP contribution in [-0.4, -0.2) is 51.6 Å². The molecule has 0 radical (unpaired) electrons. The number of carbonyl (C=O) groups is 2. The highest BCUT2D eigenvalue weighted by atomic mass is 32.2. The molecular weight excluding hydrogens is 434 g/mol. The summed E-state index contributed by atoms with van der Waals surface area (Å²) in [5.41, 5.74) is 2.18. The molecule has 1 saturated heterocycles. The fourth-order valence-electron chi connectivity index (χ4n) is 4.27. The lowest BCUT2D eigenvalue weighted by molar-refractivity contribution is -0.113. The number of amides is 1. The molecule has 9 heteroatoms. The van der Waals surface area contributed by atoms with Crippen LogP contribution >= 0.6 is 24.0 Å². The molecular formula is C22H23N3O4S2. The lowest BCUT2D eigenvalue weighted by atomic mass is 9.83. The topological polar surface area (TPSA) is 80.6 Å². The van der Waals surface area contributed by atoms with Crippen molar-refractivity contribution in [1.82, 2.24) is 9.47 Å². The number of methoxy groups -OCH3 is 1. The molecule has 2 aliphatic rings. The number of anilines is 1. The number of aromatic nitrogens is 1. The molecule has 1 N–H and O–H groups in total. The van der Waals surface area contributed by atoms with Crippen LogP contribution in [0.25, 0.3) is 0 Å². The molecule has 2 atom stereocenters. The van der Waals surface area contributed by atoms with E-state index in [1.807, 2.05) is 16.7 Å². The maximum Gasteiger partial charge on any atom is 0.337 e. The number of nitrogens with zero attached hydrogens (tertiary/aromatic N) is 2. The van der Waals surface area contributed by atoms with Gasteiger partial charge >= 0.3 is 5.97 Å². The maximum absolute atomic E-state index is 12.3. The Morgan fingerprint density at radius 3 is 2.68 bits per heavy atom. The van der Waals surface area contributed by atoms with Crippen LogP contribution in [0.5, 0.6) is 0 Å². The minimum absolute atomic E-state index is 0.0638. The lowest BCUT2D eigenvalue weighted by Gasteiger charge is -2.43. The molecule has 4 rings (SSSR count). The SMILES string of the molecule is COC(=O)c1ccc(NC(=O)CSC(=S)N2C[C@H]3C[C@@H](C2)c2cccc(=O)n2C3)cc1. The molecule has 0 aliphatic carbocycles. The Bertz CT molecular complexity index is 1070. The summed E-state index contributed by atoms with van der Waals surface area (Å²) in [6.45, 7) is 2.29. The number of rotatable bonds is 4. The first-order chi connectivity index (χ1) is 14.9. The van der Waals surface area contributed by atoms with Crippen molar-refractivity contribution >= 4 is 45.9 Å². The number of likely N-dealkylation sites (tertiary alicyclic amines) is 1. The number of hydrogen-bond acceptors (Lipinski definition) is 6. The predicted molar refractivity (Wildman–Crippen MR) is 125 cm³/mol. The van der Waals surface area contributed by atoms with Gasteiger partial charge in [0.05, 0.1) is 18.4 Å². The maximum atomic E-state index is 12.3. The van der Waals surface area contributed by atoms with Crippen LogP contribution in [0.2, 0.25) is 0 Å². The average Bonchev–Trinajstić information content (AvgIpc) is 2.78. The van der Waals surface area contributed by atoms with Crippen molar-refractivity contribution in [3.63, 3.8) is 0 Å². The molecule has 0 saturated carbocycles. The van der Waals surface area contributed by atoms with E-state index >= 15 is 0 Å². The van der Waals surface area contributed by atoms with Gasteiger partial charge in [0.25, 0.3) is 5.56 Å². The van der Waals surface area contributed by atoms with Crippen molar-refractivity contribution in [3.8, 4) is 0 Å². The van der Waals surface area contributed by atoms with Gasteiger partial charge in [0, 0.05) is 43.0 Å². The van der Waals surface area contributed by atoms with Crippen LogP contribution < -0.4 is 10.9 Å². The zero-order valence-corrected chi connectivity index (χ0v) is 18.7. The number of ether oxygens (including phenoxy) is 1. The Morgan fingerprint density at radius 2 is 1.94 bits per heavy atom. The van der Waals surface area contributed by atoms with Crippen molar-refractivity contribution in [1.29, 1.82) is 0 Å². The van der Waals surface area contributed by atoms with Gasteiger partial charge in [-0.2, -0.15) is 0 Å². The fourth-order valence-corrected chi connectivity index (χ4v) is 5.25. The Labute approximate surface area is 189 Å². The third-order valence-corrected chi connectivity index (χ3v) is 7.18. The minimum atomic E-state index is -0.419. The van der Waals surface area contributed by atoms with Crippen LogP contribution in [-0.2, 0) is 16.1 Å². The van der Waals surface area contributed by atoms with Gasteiger partial charge in [0.2, 0.25) is 5.91 Å². The van der Waals surface area contributed by atoms with Gasteiger partial charge in [-0.05, 0) is 42.7 Å². The molecule has 2 aliphatic heterocycles. The van der Waals surface area contributed by atoms with Crippen molar-refractivity contribution in [2.24, 2.45) is 5.92 Å². The third kappa shape index (κ3) is 4.83. The van der Waals surface area contributed by atoms with E-state index in [4.69, 9.17) is 12.2 Å². The summed E-state index contributed by atoms with van der Waals surface area (Å²) in [5.74, 6) is 0.290. The molecule has 7 nitrogen and oxygen atoms in total. The van der Waals surface area contributed by atoms with Crippen LogP contribution in [0.1, 0.15) is 28.4 Å². The number of thioether (sulfide) groups is 1. The van der Waals surface area contributed by atoms with E-state index in [0.717, 1.165) is 31.7 Å². The van der Waals surface area contributed by atoms with E-state index in [1.54, 1.807) is 30.3 Å². The first-order valence-electron chi connectivity index (χ1n) is 10.0. The molecule has 1 amide bonds. The van der Waals surface area contributed by atoms with E-state index in [2.05, 4.69) is 15.0 Å². The van der Waals surface area contributed by atoms with Gasteiger partial charge in [0.15, 0.2) is 0 Å². The van der Waals surface area contributed by atoms with Gasteiger partial charge in [0.1, 0.15) is 4.32 Å². The number of benzene rings is 1. The van der Waals surface area contributed by atoms with E-state index < -0.39 is 5.97 Å². The summed E-state index contributed by atoms with van der Waals surface area (Å²) in [6.07, 6.45) is 1.06. The van der Waals surface area contributed by atoms with Crippen LogP contribution in [0.3, 0.4) is 0 Å². The summed E-state index contributed by atoms with van der Waals surface area (Å²) in [5, 5.41) is 2.82. The smallest absolute Gasteiger partial charge is 0.337 e. The number of esters is 1. The lowest BCUT2D eigenvalue weighted by Crippen LogP contribution is -2.48. The van der Waals surface area contributed by atoms with Crippen LogP contribution in [0, 0.1) is 5.92 Å². The number of hydrogen-bond donors (Lipinski definition) is 1. The van der Waals surface area contributed by atoms with Gasteiger partial charge in [-0.15, -0.1) is 0 Å². The molecule has 3 heterocycles. The third-order valence-electron chi connectivity index (χ3n) is 5.65. The summed E-state index contributed by atoms with van der Waals surface area (Å²) in [4.78, 5) is 38.1. The first kappa shape index (κ1) is 21.6. The zero-order valence-electron chi connectivity index (χ0n) is 17.1. The largest absolute Gasteiger partial charge is 0.465 e. The van der Waals surface area contributed by atoms with Crippen LogP contribution in [0.4, 0.5) is 5.69 Å². The molecule has 0 spiro atoms. The molecule has 1 aromatic heterocycles. The fraction of sp³-hybridized carbons (Fsp3) is 0.364. The highest BCUT2D eigenvalue weighted by molar-refractivity contribution is 8.23. The Kier molecular flexibility index (Phi) is 6.43. The monoisotopic (exact) mass is 457 g/mol. The number of fused-ring (bicyclic) bond motifs is 4. The number of pyridine rings is 1. The van der Waals surface area contributed by atoms with Gasteiger partial charge in [-0.1, -0.05) is 30.0 Å². The summed E-state index contributed by atoms with van der Waals surface area (Å²) >= 11 is 6.96. The quantitative estimate of drug-likeness (QED) is 0.559. The molecule has 2 bridgehead atoms. The first-order valence-corrected chi connectivity index (χ1v) is 11.4. The van der Waals surface area contributed by atoms with Crippen molar-refractivity contribution < 1.29 is 14.3 Å². The second-order valence-corrected chi connectivity index (χ2v) is 9.38. The molecule has 1 aromatic carbocycles. The number of thiocarbonyl (C=S) groups is 1. The minimum Gasteiger partial charge on any atom is -0.465 e. The Morgan fingerprint density at radius 1 is 1.16 bits per heavy atom. The van der Waals surface area contributed by atoms with Gasteiger partial charge in [-0.25, -0.2) is 4.79 Å². The van der Waals surface area contributed by atoms with Crippen molar-refractivity contribution in [2.45, 2.75) is 18.9 Å². The van der Waals surface area contributed by atoms with Gasteiger partial charge in [-0.3, -0.25) is 9.59 Å². The molecule has 31 heavy (non-hydrogen) atoms. The standard InChI is InChI=1S/C22H23N3O4S2/c1-29-21(28)15-5-7-17(8-6-15)23-19(26)13-31-22(30)24-10-14-9-16(12-24)18-3-2-4-20(27)25(18)11-14/h2-8,14,16H,9-13H2,1H3,(H,23,26)/t14-,16+/m1/s1. The highest BCUT2D eigenvalue weighted by Crippen LogP contribution is 2.36. The second kappa shape index (κ2) is 9.23. The number of carbonyl (C=O) groups excluding carboxylic acids is 2. The molecule has 1 fully saturated rings. The zero-order chi connectivity index (χ0) is 22.0. The highest BCUT2D eigenvalue weighted by Gasteiger charge is 2.35. The Hall–Kier alpha value is -2.65. The predicted octanol–water partition coefficient (Wildman–Crippen LogP) is 2.71. The van der Waals surface area contributed by atoms with Crippen LogP contribution in [0.15, 0.2) is 47.3 Å². The molecule has 2 aromatic rings. The summed E-state index contributed by atoms with van der Waals surface area (Å²) in [7, 11) is 1.33. The summed E-state index contributed by atoms with van der Waals surface area (Å²) in [6, 6.07) is 12.0. The second-order valence-electron chi connectivity index (χ2n) is 7.77. The number of piperidine rings is 1. The van der Waals surface area contributed by atoms with E-state index in [0.29, 0.717) is 21.5 Å². The van der Waals surface area contributed by atoms with Crippen molar-refractivity contribution in [3.05, 3.63) is 64.1 Å². The van der Waals surface area contributed by atoms with E-state index in [9.17, 15) is 14.4 Å². The van der Waals surface area contributed by atoms with Crippen molar-refractivity contribution in [2.75, 3.05) is 31.3 Å². The van der Waals surface area contributed by atoms with Gasteiger partial charge < -0.3 is 19.5 Å². The Balaban J connectivity index is 1.31. The molecule has 0 unspecified atom stereocenters. The summed E-state index contributed by atoms with van der Waals surface area (Å²) < 4.78 is 7.27. The average molecular weight is 458 g/mol. The van der Waals surface area contributed by atoms with E-state index in [-0.39, 0.29) is 23.1 Å². The van der Waals surface area contributed by atoms with E-state index in [1.165, 1.54) is 18.9 Å².